The van der Waals surface area contributed by atoms with Crippen LogP contribution in [0.5, 0.6) is 0 Å². The Morgan fingerprint density at radius 1 is 1.14 bits per heavy atom. The van der Waals surface area contributed by atoms with E-state index in [4.69, 9.17) is 4.74 Å². The van der Waals surface area contributed by atoms with Crippen LogP contribution >= 0.6 is 23.3 Å². The number of aryl methyl sites for hydroxylation is 1. The number of benzene rings is 2. The minimum absolute atomic E-state index is 0.335. The largest absolute Gasteiger partial charge is 0.448 e. The SMILES string of the molecule is CCc1nnsc1C(=O)O[C@H](C)C(=O)Nc1ccccc1Sc1ccccc1. The van der Waals surface area contributed by atoms with Gasteiger partial charge in [0.25, 0.3) is 5.91 Å². The van der Waals surface area contributed by atoms with Crippen molar-refractivity contribution in [1.82, 2.24) is 9.59 Å². The number of carbonyl (C=O) groups is 2. The Morgan fingerprint density at radius 3 is 2.61 bits per heavy atom. The van der Waals surface area contributed by atoms with Crippen molar-refractivity contribution in [3.8, 4) is 0 Å². The summed E-state index contributed by atoms with van der Waals surface area (Å²) in [5.41, 5.74) is 1.24. The van der Waals surface area contributed by atoms with E-state index >= 15 is 0 Å². The zero-order chi connectivity index (χ0) is 19.9. The first kappa shape index (κ1) is 20.0. The smallest absolute Gasteiger partial charge is 0.352 e. The van der Waals surface area contributed by atoms with Crippen molar-refractivity contribution in [2.75, 3.05) is 5.32 Å². The number of nitrogens with one attached hydrogen (secondary N) is 1. The van der Waals surface area contributed by atoms with Gasteiger partial charge in [-0.3, -0.25) is 4.79 Å². The van der Waals surface area contributed by atoms with Crippen molar-refractivity contribution in [3.05, 3.63) is 65.2 Å². The number of anilines is 1. The maximum Gasteiger partial charge on any atom is 0.352 e. The van der Waals surface area contributed by atoms with Crippen LogP contribution in [-0.4, -0.2) is 27.6 Å². The second-order valence-electron chi connectivity index (χ2n) is 5.85. The minimum atomic E-state index is -0.950. The van der Waals surface area contributed by atoms with Crippen molar-refractivity contribution in [3.63, 3.8) is 0 Å². The number of para-hydroxylation sites is 1. The van der Waals surface area contributed by atoms with E-state index in [0.29, 0.717) is 22.7 Å². The molecule has 1 heterocycles. The highest BCUT2D eigenvalue weighted by atomic mass is 32.2. The van der Waals surface area contributed by atoms with Crippen LogP contribution in [0.2, 0.25) is 0 Å². The van der Waals surface area contributed by atoms with Crippen molar-refractivity contribution in [2.24, 2.45) is 0 Å². The molecule has 1 amide bonds. The molecule has 0 aliphatic heterocycles. The van der Waals surface area contributed by atoms with Gasteiger partial charge in [-0.25, -0.2) is 4.79 Å². The van der Waals surface area contributed by atoms with Gasteiger partial charge in [0.15, 0.2) is 11.0 Å². The molecule has 0 fully saturated rings. The predicted molar refractivity (Wildman–Crippen MR) is 110 cm³/mol. The van der Waals surface area contributed by atoms with E-state index in [0.717, 1.165) is 21.3 Å². The second kappa shape index (κ2) is 9.48. The molecule has 28 heavy (non-hydrogen) atoms. The minimum Gasteiger partial charge on any atom is -0.448 e. The van der Waals surface area contributed by atoms with E-state index in [2.05, 4.69) is 14.9 Å². The molecule has 0 saturated heterocycles. The molecule has 0 saturated carbocycles. The molecule has 0 radical (unpaired) electrons. The van der Waals surface area contributed by atoms with Crippen molar-refractivity contribution >= 4 is 40.9 Å². The zero-order valence-corrected chi connectivity index (χ0v) is 17.0. The van der Waals surface area contributed by atoms with Gasteiger partial charge < -0.3 is 10.1 Å². The lowest BCUT2D eigenvalue weighted by atomic mass is 10.3. The molecular weight excluding hydrogens is 394 g/mol. The first-order chi connectivity index (χ1) is 13.6. The molecule has 6 nitrogen and oxygen atoms in total. The number of aromatic nitrogens is 2. The first-order valence-electron chi connectivity index (χ1n) is 8.73. The van der Waals surface area contributed by atoms with E-state index < -0.39 is 18.0 Å². The van der Waals surface area contributed by atoms with Crippen LogP contribution in [0.3, 0.4) is 0 Å². The molecule has 1 aromatic heterocycles. The molecule has 0 aliphatic rings. The molecule has 8 heteroatoms. The molecule has 0 aliphatic carbocycles. The summed E-state index contributed by atoms with van der Waals surface area (Å²) in [5.74, 6) is -0.980. The van der Waals surface area contributed by atoms with Gasteiger partial charge >= 0.3 is 5.97 Å². The summed E-state index contributed by atoms with van der Waals surface area (Å²) in [7, 11) is 0. The number of amides is 1. The van der Waals surface area contributed by atoms with Gasteiger partial charge in [-0.2, -0.15) is 0 Å². The Hall–Kier alpha value is -2.71. The number of rotatable bonds is 7. The van der Waals surface area contributed by atoms with Crippen LogP contribution in [0.4, 0.5) is 5.69 Å². The molecule has 0 unspecified atom stereocenters. The number of carbonyl (C=O) groups excluding carboxylic acids is 2. The standard InChI is InChI=1S/C20H19N3O3S2/c1-3-15-18(28-23-22-15)20(25)26-13(2)19(24)21-16-11-7-8-12-17(16)27-14-9-5-4-6-10-14/h4-13H,3H2,1-2H3,(H,21,24)/t13-/m1/s1. The number of esters is 1. The van der Waals surface area contributed by atoms with Gasteiger partial charge in [0, 0.05) is 9.79 Å². The van der Waals surface area contributed by atoms with E-state index in [9.17, 15) is 9.59 Å². The van der Waals surface area contributed by atoms with Crippen LogP contribution < -0.4 is 5.32 Å². The Labute approximate surface area is 171 Å². The third-order valence-corrected chi connectivity index (χ3v) is 5.68. The van der Waals surface area contributed by atoms with Gasteiger partial charge in [0.05, 0.1) is 11.4 Å². The molecular formula is C20H19N3O3S2. The third kappa shape index (κ3) is 4.96. The highest BCUT2D eigenvalue weighted by Crippen LogP contribution is 2.33. The fraction of sp³-hybridized carbons (Fsp3) is 0.200. The number of hydrogen-bond donors (Lipinski definition) is 1. The summed E-state index contributed by atoms with van der Waals surface area (Å²) in [6.07, 6.45) is -0.375. The molecule has 0 spiro atoms. The third-order valence-electron chi connectivity index (χ3n) is 3.85. The quantitative estimate of drug-likeness (QED) is 0.577. The summed E-state index contributed by atoms with van der Waals surface area (Å²) in [6, 6.07) is 17.4. The Morgan fingerprint density at radius 2 is 1.86 bits per heavy atom. The normalized spacial score (nSPS) is 11.6. The molecule has 3 aromatic rings. The van der Waals surface area contributed by atoms with Gasteiger partial charge in [0.1, 0.15) is 0 Å². The number of hydrogen-bond acceptors (Lipinski definition) is 7. The molecule has 1 atom stereocenters. The summed E-state index contributed by atoms with van der Waals surface area (Å²) in [6.45, 7) is 3.42. The molecule has 144 valence electrons. The fourth-order valence-electron chi connectivity index (χ4n) is 2.37. The van der Waals surface area contributed by atoms with Crippen molar-refractivity contribution < 1.29 is 14.3 Å². The van der Waals surface area contributed by atoms with Crippen LogP contribution in [-0.2, 0) is 16.0 Å². The molecule has 0 bridgehead atoms. The van der Waals surface area contributed by atoms with Crippen molar-refractivity contribution in [2.45, 2.75) is 36.2 Å². The van der Waals surface area contributed by atoms with Gasteiger partial charge in [-0.05, 0) is 49.1 Å². The average molecular weight is 414 g/mol. The Balaban J connectivity index is 1.66. The monoisotopic (exact) mass is 413 g/mol. The summed E-state index contributed by atoms with van der Waals surface area (Å²) >= 11 is 2.52. The molecule has 3 rings (SSSR count). The summed E-state index contributed by atoms with van der Waals surface area (Å²) in [4.78, 5) is 27.1. The topological polar surface area (TPSA) is 81.2 Å². The van der Waals surface area contributed by atoms with Crippen molar-refractivity contribution in [1.29, 1.82) is 0 Å². The van der Waals surface area contributed by atoms with E-state index in [1.807, 2.05) is 61.5 Å². The average Bonchev–Trinajstić information content (AvgIpc) is 3.19. The van der Waals surface area contributed by atoms with E-state index in [1.165, 1.54) is 0 Å². The van der Waals surface area contributed by atoms with E-state index in [1.54, 1.807) is 18.7 Å². The number of nitrogens with zero attached hydrogens (tertiary/aromatic N) is 2. The van der Waals surface area contributed by atoms with Crippen LogP contribution in [0.15, 0.2) is 64.4 Å². The Bertz CT molecular complexity index is 960. The fourth-order valence-corrected chi connectivity index (χ4v) is 3.93. The maximum atomic E-state index is 12.6. The van der Waals surface area contributed by atoms with Gasteiger partial charge in [0.2, 0.25) is 0 Å². The lowest BCUT2D eigenvalue weighted by molar-refractivity contribution is -0.123. The molecule has 1 N–H and O–H groups in total. The van der Waals surface area contributed by atoms with E-state index in [-0.39, 0.29) is 0 Å². The summed E-state index contributed by atoms with van der Waals surface area (Å²) in [5, 5.41) is 6.74. The lowest BCUT2D eigenvalue weighted by Crippen LogP contribution is -2.30. The Kier molecular flexibility index (Phi) is 6.78. The summed E-state index contributed by atoms with van der Waals surface area (Å²) < 4.78 is 9.07. The second-order valence-corrected chi connectivity index (χ2v) is 7.72. The lowest BCUT2D eigenvalue weighted by Gasteiger charge is -2.15. The highest BCUT2D eigenvalue weighted by molar-refractivity contribution is 7.99. The highest BCUT2D eigenvalue weighted by Gasteiger charge is 2.23. The predicted octanol–water partition coefficient (Wildman–Crippen LogP) is 4.44. The zero-order valence-electron chi connectivity index (χ0n) is 15.4. The van der Waals surface area contributed by atoms with Crippen LogP contribution in [0.1, 0.15) is 29.2 Å². The van der Waals surface area contributed by atoms with Gasteiger partial charge in [-0.15, -0.1) is 5.10 Å². The molecule has 2 aromatic carbocycles. The first-order valence-corrected chi connectivity index (χ1v) is 10.3. The van der Waals surface area contributed by atoms with Gasteiger partial charge in [-0.1, -0.05) is 53.5 Å². The maximum absolute atomic E-state index is 12.6. The number of ether oxygens (including phenoxy) is 1. The van der Waals surface area contributed by atoms with Crippen LogP contribution in [0, 0.1) is 0 Å². The van der Waals surface area contributed by atoms with Crippen LogP contribution in [0.25, 0.3) is 0 Å².